The Hall–Kier alpha value is -1.08. The molecule has 0 amide bonds. The molecule has 0 aliphatic rings. The van der Waals surface area contributed by atoms with Crippen LogP contribution in [0.4, 0.5) is 0 Å². The summed E-state index contributed by atoms with van der Waals surface area (Å²) in [5.41, 5.74) is 3.70. The molecule has 1 heteroatoms. The van der Waals surface area contributed by atoms with E-state index in [1.807, 2.05) is 14.0 Å². The van der Waals surface area contributed by atoms with Gasteiger partial charge in [0.25, 0.3) is 0 Å². The maximum atomic E-state index is 3.96. The zero-order valence-electron chi connectivity index (χ0n) is 9.30. The highest BCUT2D eigenvalue weighted by Gasteiger charge is 2.06. The van der Waals surface area contributed by atoms with Gasteiger partial charge in [0.15, 0.2) is 0 Å². The van der Waals surface area contributed by atoms with Gasteiger partial charge in [-0.15, -0.1) is 0 Å². The van der Waals surface area contributed by atoms with Crippen LogP contribution in [0.2, 0.25) is 0 Å². The summed E-state index contributed by atoms with van der Waals surface area (Å²) in [4.78, 5) is 0. The van der Waals surface area contributed by atoms with Crippen LogP contribution in [0.3, 0.4) is 0 Å². The molecule has 1 rings (SSSR count). The van der Waals surface area contributed by atoms with Crippen LogP contribution >= 0.6 is 0 Å². The van der Waals surface area contributed by atoms with Gasteiger partial charge >= 0.3 is 0 Å². The van der Waals surface area contributed by atoms with Crippen LogP contribution in [-0.4, -0.2) is 7.05 Å². The summed E-state index contributed by atoms with van der Waals surface area (Å²) in [5.74, 6) is 0. The van der Waals surface area contributed by atoms with E-state index in [1.54, 1.807) is 0 Å². The molecule has 76 valence electrons. The fourth-order valence-corrected chi connectivity index (χ4v) is 1.63. The van der Waals surface area contributed by atoms with Gasteiger partial charge in [-0.25, -0.2) is 0 Å². The molecule has 0 heterocycles. The Morgan fingerprint density at radius 3 is 2.71 bits per heavy atom. The smallest absolute Gasteiger partial charge is 0.0315 e. The second-order valence-electron chi connectivity index (χ2n) is 3.66. The van der Waals surface area contributed by atoms with Gasteiger partial charge in [0.1, 0.15) is 0 Å². The molecule has 0 bridgehead atoms. The Morgan fingerprint density at radius 1 is 1.50 bits per heavy atom. The summed E-state index contributed by atoms with van der Waals surface area (Å²) in [6.07, 6.45) is 1.11. The van der Waals surface area contributed by atoms with E-state index < -0.39 is 0 Å². The van der Waals surface area contributed by atoms with E-state index in [4.69, 9.17) is 0 Å². The Kier molecular flexibility index (Phi) is 3.90. The van der Waals surface area contributed by atoms with Crippen molar-refractivity contribution in [3.8, 4) is 0 Å². The number of rotatable bonds is 4. The lowest BCUT2D eigenvalue weighted by Crippen LogP contribution is -2.15. The third kappa shape index (κ3) is 2.46. The average Bonchev–Trinajstić information content (AvgIpc) is 2.20. The number of hydrogen-bond donors (Lipinski definition) is 1. The van der Waals surface area contributed by atoms with Gasteiger partial charge in [0, 0.05) is 6.04 Å². The summed E-state index contributed by atoms with van der Waals surface area (Å²) in [6.45, 7) is 8.19. The molecule has 1 aromatic carbocycles. The standard InChI is InChI=1S/C13H19N/c1-5-13(14-4)12-8-6-7-11(9-12)10(2)3/h6-9,13-14H,2,5H2,1,3-4H3. The molecule has 1 aromatic rings. The van der Waals surface area contributed by atoms with Gasteiger partial charge in [-0.3, -0.25) is 0 Å². The van der Waals surface area contributed by atoms with Gasteiger partial charge in [-0.1, -0.05) is 37.3 Å². The lowest BCUT2D eigenvalue weighted by Gasteiger charge is -2.15. The first-order valence-corrected chi connectivity index (χ1v) is 5.12. The molecule has 0 aliphatic heterocycles. The van der Waals surface area contributed by atoms with Crippen molar-refractivity contribution in [1.29, 1.82) is 0 Å². The molecule has 0 fully saturated rings. The lowest BCUT2D eigenvalue weighted by molar-refractivity contribution is 0.577. The summed E-state index contributed by atoms with van der Waals surface area (Å²) in [7, 11) is 2.00. The van der Waals surface area contributed by atoms with E-state index in [2.05, 4.69) is 43.1 Å². The fourth-order valence-electron chi connectivity index (χ4n) is 1.63. The monoisotopic (exact) mass is 189 g/mol. The van der Waals surface area contributed by atoms with Crippen molar-refractivity contribution in [3.05, 3.63) is 42.0 Å². The molecule has 1 N–H and O–H groups in total. The number of nitrogens with one attached hydrogen (secondary N) is 1. The molecule has 0 aromatic heterocycles. The van der Waals surface area contributed by atoms with Crippen LogP contribution in [0.5, 0.6) is 0 Å². The maximum Gasteiger partial charge on any atom is 0.0315 e. The highest BCUT2D eigenvalue weighted by atomic mass is 14.9. The SMILES string of the molecule is C=C(C)c1cccc(C(CC)NC)c1. The highest BCUT2D eigenvalue weighted by molar-refractivity contribution is 5.61. The van der Waals surface area contributed by atoms with Crippen molar-refractivity contribution in [1.82, 2.24) is 5.32 Å². The quantitative estimate of drug-likeness (QED) is 0.765. The van der Waals surface area contributed by atoms with Crippen LogP contribution in [0.25, 0.3) is 5.57 Å². The van der Waals surface area contributed by atoms with Crippen molar-refractivity contribution in [2.24, 2.45) is 0 Å². The molecule has 0 saturated heterocycles. The van der Waals surface area contributed by atoms with E-state index in [1.165, 1.54) is 11.1 Å². The first-order chi connectivity index (χ1) is 6.69. The van der Waals surface area contributed by atoms with E-state index in [-0.39, 0.29) is 0 Å². The largest absolute Gasteiger partial charge is 0.313 e. The summed E-state index contributed by atoms with van der Waals surface area (Å²) < 4.78 is 0. The zero-order valence-corrected chi connectivity index (χ0v) is 9.30. The molecule has 14 heavy (non-hydrogen) atoms. The van der Waals surface area contributed by atoms with E-state index in [9.17, 15) is 0 Å². The number of allylic oxidation sites excluding steroid dienone is 1. The van der Waals surface area contributed by atoms with E-state index in [0.29, 0.717) is 6.04 Å². The van der Waals surface area contributed by atoms with Gasteiger partial charge < -0.3 is 5.32 Å². The predicted octanol–water partition coefficient (Wildman–Crippen LogP) is 3.39. The van der Waals surface area contributed by atoms with Crippen LogP contribution in [0, 0.1) is 0 Å². The van der Waals surface area contributed by atoms with Crippen LogP contribution in [0.1, 0.15) is 37.4 Å². The summed E-state index contributed by atoms with van der Waals surface area (Å²) in [6, 6.07) is 9.03. The molecule has 1 atom stereocenters. The maximum absolute atomic E-state index is 3.96. The average molecular weight is 189 g/mol. The van der Waals surface area contributed by atoms with Crippen LogP contribution in [-0.2, 0) is 0 Å². The van der Waals surface area contributed by atoms with Gasteiger partial charge in [-0.05, 0) is 37.6 Å². The molecule has 0 radical (unpaired) electrons. The van der Waals surface area contributed by atoms with E-state index in [0.717, 1.165) is 12.0 Å². The van der Waals surface area contributed by atoms with Crippen molar-refractivity contribution in [2.45, 2.75) is 26.3 Å². The van der Waals surface area contributed by atoms with Crippen LogP contribution < -0.4 is 5.32 Å². The number of hydrogen-bond acceptors (Lipinski definition) is 1. The first-order valence-electron chi connectivity index (χ1n) is 5.12. The molecule has 0 spiro atoms. The van der Waals surface area contributed by atoms with Gasteiger partial charge in [0.2, 0.25) is 0 Å². The summed E-state index contributed by atoms with van der Waals surface area (Å²) in [5, 5.41) is 3.30. The van der Waals surface area contributed by atoms with Crippen molar-refractivity contribution >= 4 is 5.57 Å². The molecular formula is C13H19N. The topological polar surface area (TPSA) is 12.0 Å². The Balaban J connectivity index is 2.98. The Bertz CT molecular complexity index is 311. The predicted molar refractivity (Wildman–Crippen MR) is 63.2 cm³/mol. The molecule has 1 unspecified atom stereocenters. The summed E-state index contributed by atoms with van der Waals surface area (Å²) >= 11 is 0. The minimum atomic E-state index is 0.453. The minimum absolute atomic E-state index is 0.453. The molecular weight excluding hydrogens is 170 g/mol. The van der Waals surface area contributed by atoms with Crippen molar-refractivity contribution < 1.29 is 0 Å². The van der Waals surface area contributed by atoms with Gasteiger partial charge in [0.05, 0.1) is 0 Å². The highest BCUT2D eigenvalue weighted by Crippen LogP contribution is 2.20. The minimum Gasteiger partial charge on any atom is -0.313 e. The third-order valence-corrected chi connectivity index (χ3v) is 2.54. The fraction of sp³-hybridized carbons (Fsp3) is 0.385. The lowest BCUT2D eigenvalue weighted by atomic mass is 10.00. The second-order valence-corrected chi connectivity index (χ2v) is 3.66. The Morgan fingerprint density at radius 2 is 2.21 bits per heavy atom. The number of benzene rings is 1. The Labute approximate surface area is 86.8 Å². The van der Waals surface area contributed by atoms with Crippen molar-refractivity contribution in [2.75, 3.05) is 7.05 Å². The second kappa shape index (κ2) is 4.97. The van der Waals surface area contributed by atoms with Gasteiger partial charge in [-0.2, -0.15) is 0 Å². The zero-order chi connectivity index (χ0) is 10.6. The van der Waals surface area contributed by atoms with Crippen molar-refractivity contribution in [3.63, 3.8) is 0 Å². The normalized spacial score (nSPS) is 12.5. The third-order valence-electron chi connectivity index (χ3n) is 2.54. The molecule has 0 aliphatic carbocycles. The first kappa shape index (κ1) is 11.0. The molecule has 1 nitrogen and oxygen atoms in total. The molecule has 0 saturated carbocycles. The van der Waals surface area contributed by atoms with E-state index >= 15 is 0 Å². The van der Waals surface area contributed by atoms with Crippen LogP contribution in [0.15, 0.2) is 30.8 Å².